The van der Waals surface area contributed by atoms with Gasteiger partial charge in [-0.1, -0.05) is 78.1 Å². The van der Waals surface area contributed by atoms with Crippen LogP contribution in [0.25, 0.3) is 0 Å². The lowest BCUT2D eigenvalue weighted by Crippen LogP contribution is -2.33. The molecule has 1 atom stereocenters. The molecule has 1 heterocycles. The molecule has 1 unspecified atom stereocenters. The average molecular weight is 268 g/mol. The van der Waals surface area contributed by atoms with Crippen molar-refractivity contribution < 1.29 is 0 Å². The summed E-state index contributed by atoms with van der Waals surface area (Å²) in [6.45, 7) is 5.76. The number of unbranched alkanes of at least 4 members (excludes halogenated alkanes) is 8. The summed E-state index contributed by atoms with van der Waals surface area (Å²) in [5, 5.41) is 7.14. The molecule has 0 saturated carbocycles. The zero-order chi connectivity index (χ0) is 13.8. The minimum absolute atomic E-state index is 0.635. The normalized spacial score (nSPS) is 18.2. The second-order valence-corrected chi connectivity index (χ2v) is 6.23. The monoisotopic (exact) mass is 268 g/mol. The summed E-state index contributed by atoms with van der Waals surface area (Å²) in [5.74, 6) is 0. The maximum absolute atomic E-state index is 3.76. The van der Waals surface area contributed by atoms with Crippen LogP contribution >= 0.6 is 0 Å². The topological polar surface area (TPSA) is 34.0 Å². The fourth-order valence-electron chi connectivity index (χ4n) is 2.76. The first kappa shape index (κ1) is 17.0. The van der Waals surface area contributed by atoms with Crippen molar-refractivity contribution >= 4 is 0 Å². The zero-order valence-corrected chi connectivity index (χ0v) is 13.3. The Kier molecular flexibility index (Phi) is 10.5. The van der Waals surface area contributed by atoms with E-state index in [1.165, 1.54) is 83.6 Å². The molecule has 0 amide bonds. The fourth-order valence-corrected chi connectivity index (χ4v) is 2.76. The Morgan fingerprint density at radius 2 is 1.32 bits per heavy atom. The highest BCUT2D eigenvalue weighted by Crippen LogP contribution is 2.14. The summed E-state index contributed by atoms with van der Waals surface area (Å²) < 4.78 is 0. The smallest absolute Gasteiger partial charge is 0.0704 e. The van der Waals surface area contributed by atoms with Gasteiger partial charge in [-0.15, -0.1) is 0 Å². The standard InChI is InChI=1S/C17H36N2/c1-3-5-7-9-11-13-16(19-17-15-18-17)14-12-10-8-6-4-2/h16-19H,3-15H2,1-2H3. The van der Waals surface area contributed by atoms with Crippen LogP contribution in [-0.2, 0) is 0 Å². The van der Waals surface area contributed by atoms with E-state index in [9.17, 15) is 0 Å². The Morgan fingerprint density at radius 1 is 0.842 bits per heavy atom. The predicted molar refractivity (Wildman–Crippen MR) is 85.5 cm³/mol. The molecular weight excluding hydrogens is 232 g/mol. The van der Waals surface area contributed by atoms with E-state index in [4.69, 9.17) is 0 Å². The molecule has 0 spiro atoms. The molecule has 1 aliphatic rings. The quantitative estimate of drug-likeness (QED) is 0.357. The lowest BCUT2D eigenvalue weighted by molar-refractivity contribution is 0.409. The van der Waals surface area contributed by atoms with E-state index in [0.717, 1.165) is 6.04 Å². The van der Waals surface area contributed by atoms with Gasteiger partial charge in [-0.3, -0.25) is 10.6 Å². The van der Waals surface area contributed by atoms with Crippen LogP contribution in [0.2, 0.25) is 0 Å². The maximum atomic E-state index is 3.76. The number of nitrogens with one attached hydrogen (secondary N) is 2. The maximum Gasteiger partial charge on any atom is 0.0704 e. The first-order chi connectivity index (χ1) is 9.36. The van der Waals surface area contributed by atoms with Crippen LogP contribution in [0, 0.1) is 0 Å². The van der Waals surface area contributed by atoms with Crippen molar-refractivity contribution in [1.29, 1.82) is 0 Å². The van der Waals surface area contributed by atoms with E-state index >= 15 is 0 Å². The van der Waals surface area contributed by atoms with Gasteiger partial charge in [0.1, 0.15) is 0 Å². The predicted octanol–water partition coefficient (Wildman–Crippen LogP) is 4.59. The fraction of sp³-hybridized carbons (Fsp3) is 1.00. The molecule has 1 fully saturated rings. The molecule has 0 radical (unpaired) electrons. The number of hydrogen-bond donors (Lipinski definition) is 2. The van der Waals surface area contributed by atoms with Crippen LogP contribution in [0.5, 0.6) is 0 Å². The first-order valence-corrected chi connectivity index (χ1v) is 8.86. The lowest BCUT2D eigenvalue weighted by atomic mass is 10.0. The van der Waals surface area contributed by atoms with Crippen molar-refractivity contribution in [3.05, 3.63) is 0 Å². The van der Waals surface area contributed by atoms with E-state index < -0.39 is 0 Å². The highest BCUT2D eigenvalue weighted by molar-refractivity contribution is 4.84. The van der Waals surface area contributed by atoms with Gasteiger partial charge >= 0.3 is 0 Å². The molecule has 19 heavy (non-hydrogen) atoms. The minimum atomic E-state index is 0.635. The van der Waals surface area contributed by atoms with E-state index in [1.807, 2.05) is 0 Å². The molecule has 0 aliphatic carbocycles. The summed E-state index contributed by atoms with van der Waals surface area (Å²) in [5.41, 5.74) is 0. The second kappa shape index (κ2) is 11.7. The summed E-state index contributed by atoms with van der Waals surface area (Å²) in [6.07, 6.45) is 17.5. The molecule has 0 aromatic rings. The van der Waals surface area contributed by atoms with Crippen LogP contribution in [0.3, 0.4) is 0 Å². The summed E-state index contributed by atoms with van der Waals surface area (Å²) >= 11 is 0. The highest BCUT2D eigenvalue weighted by atomic mass is 15.3. The van der Waals surface area contributed by atoms with Gasteiger partial charge in [0, 0.05) is 12.6 Å². The van der Waals surface area contributed by atoms with Gasteiger partial charge in [0.15, 0.2) is 0 Å². The molecule has 114 valence electrons. The van der Waals surface area contributed by atoms with Crippen LogP contribution in [-0.4, -0.2) is 18.8 Å². The molecule has 1 aliphatic heterocycles. The zero-order valence-electron chi connectivity index (χ0n) is 13.3. The van der Waals surface area contributed by atoms with Gasteiger partial charge in [-0.2, -0.15) is 0 Å². The number of rotatable bonds is 14. The Labute approximate surface area is 121 Å². The molecule has 1 saturated heterocycles. The highest BCUT2D eigenvalue weighted by Gasteiger charge is 2.22. The van der Waals surface area contributed by atoms with Crippen molar-refractivity contribution in [3.63, 3.8) is 0 Å². The largest absolute Gasteiger partial charge is 0.298 e. The van der Waals surface area contributed by atoms with Gasteiger partial charge in [0.2, 0.25) is 0 Å². The SMILES string of the molecule is CCCCCCCC(CCCCCCC)NC1CN1. The van der Waals surface area contributed by atoms with Gasteiger partial charge in [-0.25, -0.2) is 0 Å². The Morgan fingerprint density at radius 3 is 1.74 bits per heavy atom. The van der Waals surface area contributed by atoms with Crippen molar-refractivity contribution in [2.75, 3.05) is 6.54 Å². The molecule has 0 bridgehead atoms. The van der Waals surface area contributed by atoms with Gasteiger partial charge in [0.05, 0.1) is 6.17 Å². The van der Waals surface area contributed by atoms with Crippen LogP contribution in [0.4, 0.5) is 0 Å². The van der Waals surface area contributed by atoms with Crippen molar-refractivity contribution in [2.24, 2.45) is 0 Å². The molecule has 1 rings (SSSR count). The molecule has 0 aromatic carbocycles. The summed E-state index contributed by atoms with van der Waals surface area (Å²) in [4.78, 5) is 0. The summed E-state index contributed by atoms with van der Waals surface area (Å²) in [6, 6.07) is 0.767. The van der Waals surface area contributed by atoms with E-state index in [1.54, 1.807) is 0 Å². The third-order valence-electron chi connectivity index (χ3n) is 4.16. The van der Waals surface area contributed by atoms with Crippen LogP contribution < -0.4 is 10.6 Å². The first-order valence-electron chi connectivity index (χ1n) is 8.86. The van der Waals surface area contributed by atoms with Crippen LogP contribution in [0.1, 0.15) is 90.9 Å². The molecule has 0 aromatic heterocycles. The number of hydrogen-bond acceptors (Lipinski definition) is 2. The van der Waals surface area contributed by atoms with Gasteiger partial charge < -0.3 is 0 Å². The Balaban J connectivity index is 2.01. The van der Waals surface area contributed by atoms with Crippen molar-refractivity contribution in [1.82, 2.24) is 10.6 Å². The van der Waals surface area contributed by atoms with E-state index in [0.29, 0.717) is 6.17 Å². The minimum Gasteiger partial charge on any atom is -0.298 e. The molecule has 2 nitrogen and oxygen atoms in total. The summed E-state index contributed by atoms with van der Waals surface area (Å²) in [7, 11) is 0. The van der Waals surface area contributed by atoms with Gasteiger partial charge in [0.25, 0.3) is 0 Å². The van der Waals surface area contributed by atoms with Crippen LogP contribution in [0.15, 0.2) is 0 Å². The molecule has 2 heteroatoms. The van der Waals surface area contributed by atoms with Gasteiger partial charge in [-0.05, 0) is 12.8 Å². The third kappa shape index (κ3) is 10.4. The van der Waals surface area contributed by atoms with Crippen molar-refractivity contribution in [3.8, 4) is 0 Å². The van der Waals surface area contributed by atoms with Crippen molar-refractivity contribution in [2.45, 2.75) is 103 Å². The second-order valence-electron chi connectivity index (χ2n) is 6.23. The molecular formula is C17H36N2. The third-order valence-corrected chi connectivity index (χ3v) is 4.16. The van der Waals surface area contributed by atoms with E-state index in [-0.39, 0.29) is 0 Å². The van der Waals surface area contributed by atoms with E-state index in [2.05, 4.69) is 24.5 Å². The Bertz CT molecular complexity index is 176. The molecule has 2 N–H and O–H groups in total. The average Bonchev–Trinajstić information content (AvgIpc) is 3.22. The lowest BCUT2D eigenvalue weighted by Gasteiger charge is -2.18. The Hall–Kier alpha value is -0.0800.